The van der Waals surface area contributed by atoms with Crippen molar-refractivity contribution in [3.05, 3.63) is 24.7 Å². The van der Waals surface area contributed by atoms with Crippen LogP contribution in [-0.4, -0.2) is 10.1 Å². The minimum atomic E-state index is 0.502. The predicted octanol–water partition coefficient (Wildman–Crippen LogP) is 1.23. The van der Waals surface area contributed by atoms with Gasteiger partial charge in [0.1, 0.15) is 0 Å². The van der Waals surface area contributed by atoms with Crippen LogP contribution in [0.25, 0.3) is 6.08 Å². The number of rotatable bonds is 1. The highest BCUT2D eigenvalue weighted by molar-refractivity contribution is 5.37. The SMILES string of the molecule is [CH2]/C=C/c1nc(C)no1. The smallest absolute Gasteiger partial charge is 0.250 e. The molecule has 47 valence electrons. The summed E-state index contributed by atoms with van der Waals surface area (Å²) in [5.74, 6) is 1.14. The highest BCUT2D eigenvalue weighted by Crippen LogP contribution is 1.96. The topological polar surface area (TPSA) is 38.9 Å². The molecule has 3 nitrogen and oxygen atoms in total. The molecule has 0 aliphatic heterocycles. The molecule has 0 saturated heterocycles. The Bertz CT molecular complexity index is 215. The first kappa shape index (κ1) is 6.01. The molecule has 0 N–H and O–H groups in total. The summed E-state index contributed by atoms with van der Waals surface area (Å²) in [5.41, 5.74) is 0. The van der Waals surface area contributed by atoms with E-state index in [4.69, 9.17) is 4.52 Å². The number of nitrogens with zero attached hydrogens (tertiary/aromatic N) is 2. The number of hydrogen-bond donors (Lipinski definition) is 0. The van der Waals surface area contributed by atoms with Gasteiger partial charge in [-0.05, 0) is 19.9 Å². The summed E-state index contributed by atoms with van der Waals surface area (Å²) in [5, 5.41) is 3.57. The number of aromatic nitrogens is 2. The van der Waals surface area contributed by atoms with Crippen molar-refractivity contribution in [2.45, 2.75) is 6.92 Å². The van der Waals surface area contributed by atoms with E-state index in [1.165, 1.54) is 0 Å². The fourth-order valence-corrected chi connectivity index (χ4v) is 0.482. The van der Waals surface area contributed by atoms with Crippen LogP contribution in [0.2, 0.25) is 0 Å². The van der Waals surface area contributed by atoms with Gasteiger partial charge >= 0.3 is 0 Å². The Labute approximate surface area is 53.4 Å². The molecule has 1 aromatic rings. The van der Waals surface area contributed by atoms with Crippen molar-refractivity contribution in [1.82, 2.24) is 10.1 Å². The predicted molar refractivity (Wildman–Crippen MR) is 33.4 cm³/mol. The third-order valence-electron chi connectivity index (χ3n) is 0.804. The van der Waals surface area contributed by atoms with Crippen LogP contribution in [0.1, 0.15) is 11.7 Å². The van der Waals surface area contributed by atoms with Crippen LogP contribution in [0.3, 0.4) is 0 Å². The van der Waals surface area contributed by atoms with Gasteiger partial charge in [-0.1, -0.05) is 11.2 Å². The summed E-state index contributed by atoms with van der Waals surface area (Å²) in [6.45, 7) is 5.25. The molecule has 9 heavy (non-hydrogen) atoms. The van der Waals surface area contributed by atoms with E-state index < -0.39 is 0 Å². The molecule has 3 heteroatoms. The molecule has 0 fully saturated rings. The maximum absolute atomic E-state index is 4.72. The number of hydrogen-bond acceptors (Lipinski definition) is 3. The van der Waals surface area contributed by atoms with Gasteiger partial charge in [-0.2, -0.15) is 4.98 Å². The third-order valence-corrected chi connectivity index (χ3v) is 0.804. The van der Waals surface area contributed by atoms with Gasteiger partial charge in [0.05, 0.1) is 0 Å². The summed E-state index contributed by atoms with van der Waals surface area (Å²) >= 11 is 0. The van der Waals surface area contributed by atoms with Crippen molar-refractivity contribution in [1.29, 1.82) is 0 Å². The molecule has 1 heterocycles. The summed E-state index contributed by atoms with van der Waals surface area (Å²) in [6.07, 6.45) is 3.26. The monoisotopic (exact) mass is 123 g/mol. The van der Waals surface area contributed by atoms with E-state index in [0.29, 0.717) is 11.7 Å². The molecule has 0 bridgehead atoms. The summed E-state index contributed by atoms with van der Waals surface area (Å²) in [7, 11) is 0. The van der Waals surface area contributed by atoms with Crippen molar-refractivity contribution in [2.24, 2.45) is 0 Å². The van der Waals surface area contributed by atoms with E-state index in [9.17, 15) is 0 Å². The van der Waals surface area contributed by atoms with Crippen LogP contribution in [0.15, 0.2) is 10.6 Å². The lowest BCUT2D eigenvalue weighted by Crippen LogP contribution is -1.71. The average Bonchev–Trinajstić information content (AvgIpc) is 2.17. The molecule has 0 aliphatic rings. The fourth-order valence-electron chi connectivity index (χ4n) is 0.482. The molecule has 0 aliphatic carbocycles. The van der Waals surface area contributed by atoms with Crippen LogP contribution in [0.5, 0.6) is 0 Å². The fraction of sp³-hybridized carbons (Fsp3) is 0.167. The minimum Gasteiger partial charge on any atom is -0.335 e. The van der Waals surface area contributed by atoms with Gasteiger partial charge < -0.3 is 4.52 Å². The van der Waals surface area contributed by atoms with Crippen LogP contribution in [0, 0.1) is 13.8 Å². The second-order valence-corrected chi connectivity index (χ2v) is 1.58. The Morgan fingerprint density at radius 2 is 2.44 bits per heavy atom. The molecule has 1 rings (SSSR count). The standard InChI is InChI=1S/C6H7N2O/c1-3-4-6-7-5(2)8-9-6/h3-4H,1H2,2H3/b4-3+. The van der Waals surface area contributed by atoms with Crippen LogP contribution in [-0.2, 0) is 0 Å². The Morgan fingerprint density at radius 1 is 1.67 bits per heavy atom. The van der Waals surface area contributed by atoms with Crippen molar-refractivity contribution >= 4 is 6.08 Å². The largest absolute Gasteiger partial charge is 0.335 e. The molecule has 0 atom stereocenters. The summed E-state index contributed by atoms with van der Waals surface area (Å²) < 4.78 is 4.72. The Kier molecular flexibility index (Phi) is 1.63. The van der Waals surface area contributed by atoms with Gasteiger partial charge in [-0.3, -0.25) is 0 Å². The lowest BCUT2D eigenvalue weighted by atomic mass is 10.5. The summed E-state index contributed by atoms with van der Waals surface area (Å²) in [4.78, 5) is 3.90. The lowest BCUT2D eigenvalue weighted by Gasteiger charge is -1.71. The normalized spacial score (nSPS) is 10.9. The molecule has 0 unspecified atom stereocenters. The van der Waals surface area contributed by atoms with Crippen molar-refractivity contribution in [3.63, 3.8) is 0 Å². The van der Waals surface area contributed by atoms with Crippen LogP contribution >= 0.6 is 0 Å². The van der Waals surface area contributed by atoms with Crippen molar-refractivity contribution < 1.29 is 4.52 Å². The zero-order valence-electron chi connectivity index (χ0n) is 5.16. The van der Waals surface area contributed by atoms with Gasteiger partial charge in [0.15, 0.2) is 5.82 Å². The first-order chi connectivity index (χ1) is 4.33. The molecular weight excluding hydrogens is 116 g/mol. The van der Waals surface area contributed by atoms with E-state index in [0.717, 1.165) is 0 Å². The lowest BCUT2D eigenvalue weighted by molar-refractivity contribution is 0.405. The van der Waals surface area contributed by atoms with Crippen LogP contribution in [0.4, 0.5) is 0 Å². The summed E-state index contributed by atoms with van der Waals surface area (Å²) in [6, 6.07) is 0. The van der Waals surface area contributed by atoms with Crippen molar-refractivity contribution in [2.75, 3.05) is 0 Å². The van der Waals surface area contributed by atoms with E-state index in [1.807, 2.05) is 0 Å². The Hall–Kier alpha value is -1.12. The van der Waals surface area contributed by atoms with E-state index in [2.05, 4.69) is 17.1 Å². The molecule has 0 spiro atoms. The van der Waals surface area contributed by atoms with E-state index in [-0.39, 0.29) is 0 Å². The van der Waals surface area contributed by atoms with E-state index in [1.54, 1.807) is 19.1 Å². The third kappa shape index (κ3) is 1.38. The molecule has 1 aromatic heterocycles. The quantitative estimate of drug-likeness (QED) is 0.563. The van der Waals surface area contributed by atoms with Gasteiger partial charge in [0.2, 0.25) is 5.89 Å². The first-order valence-corrected chi connectivity index (χ1v) is 2.59. The number of allylic oxidation sites excluding steroid dienone is 1. The molecular formula is C6H7N2O. The molecule has 1 radical (unpaired) electrons. The maximum Gasteiger partial charge on any atom is 0.250 e. The van der Waals surface area contributed by atoms with Gasteiger partial charge in [0, 0.05) is 0 Å². The van der Waals surface area contributed by atoms with Crippen LogP contribution < -0.4 is 0 Å². The highest BCUT2D eigenvalue weighted by Gasteiger charge is 1.93. The zero-order valence-corrected chi connectivity index (χ0v) is 5.16. The first-order valence-electron chi connectivity index (χ1n) is 2.59. The second kappa shape index (κ2) is 2.44. The number of aryl methyl sites for hydroxylation is 1. The molecule has 0 amide bonds. The van der Waals surface area contributed by atoms with E-state index >= 15 is 0 Å². The average molecular weight is 123 g/mol. The zero-order chi connectivity index (χ0) is 6.69. The van der Waals surface area contributed by atoms with Crippen molar-refractivity contribution in [3.8, 4) is 0 Å². The Morgan fingerprint density at radius 3 is 2.89 bits per heavy atom. The highest BCUT2D eigenvalue weighted by atomic mass is 16.5. The molecule has 0 aromatic carbocycles. The minimum absolute atomic E-state index is 0.502. The second-order valence-electron chi connectivity index (χ2n) is 1.58. The molecule has 0 saturated carbocycles. The maximum atomic E-state index is 4.72. The Balaban J connectivity index is 2.85. The van der Waals surface area contributed by atoms with Gasteiger partial charge in [-0.15, -0.1) is 0 Å². The van der Waals surface area contributed by atoms with Gasteiger partial charge in [-0.25, -0.2) is 0 Å². The van der Waals surface area contributed by atoms with Gasteiger partial charge in [0.25, 0.3) is 0 Å².